The van der Waals surface area contributed by atoms with E-state index in [0.717, 1.165) is 16.8 Å². The van der Waals surface area contributed by atoms with Gasteiger partial charge in [-0.15, -0.1) is 0 Å². The Morgan fingerprint density at radius 2 is 1.93 bits per heavy atom. The van der Waals surface area contributed by atoms with Crippen LogP contribution in [-0.2, 0) is 0 Å². The van der Waals surface area contributed by atoms with Crippen molar-refractivity contribution in [2.75, 3.05) is 12.4 Å². The fraction of sp³-hybridized carbons (Fsp3) is 0.200. The Morgan fingerprint density at radius 1 is 1.14 bits per heavy atom. The summed E-state index contributed by atoms with van der Waals surface area (Å²) in [6.45, 7) is -0.969. The zero-order chi connectivity index (χ0) is 19.7. The molecule has 28 heavy (non-hydrogen) atoms. The second-order valence-corrected chi connectivity index (χ2v) is 6.30. The predicted octanol–water partition coefficient (Wildman–Crippen LogP) is 4.25. The highest BCUT2D eigenvalue weighted by Crippen LogP contribution is 2.41. The van der Waals surface area contributed by atoms with Gasteiger partial charge in [-0.1, -0.05) is 42.0 Å². The molecule has 1 N–H and O–H groups in total. The summed E-state index contributed by atoms with van der Waals surface area (Å²) in [6.07, 6.45) is 3.31. The molecule has 1 aliphatic heterocycles. The number of ether oxygens (including phenoxy) is 2. The Kier molecular flexibility index (Phi) is 4.68. The van der Waals surface area contributed by atoms with Crippen LogP contribution in [0.15, 0.2) is 54.9 Å². The summed E-state index contributed by atoms with van der Waals surface area (Å²) in [6, 6.07) is 12.5. The third-order valence-electron chi connectivity index (χ3n) is 4.52. The SMILES string of the molecule is COc1cccc([C@H]2C=C(c3ccc(C)cc3)Nc3ncnn32)c1OC(F)F. The van der Waals surface area contributed by atoms with E-state index >= 15 is 0 Å². The number of fused-ring (bicyclic) bond motifs is 1. The minimum Gasteiger partial charge on any atom is -0.493 e. The molecule has 1 atom stereocenters. The maximum atomic E-state index is 13.1. The summed E-state index contributed by atoms with van der Waals surface area (Å²) in [7, 11) is 1.41. The van der Waals surface area contributed by atoms with E-state index in [0.29, 0.717) is 11.5 Å². The molecule has 0 aliphatic carbocycles. The average Bonchev–Trinajstić information content (AvgIpc) is 3.16. The van der Waals surface area contributed by atoms with Gasteiger partial charge < -0.3 is 14.8 Å². The van der Waals surface area contributed by atoms with E-state index in [-0.39, 0.29) is 11.5 Å². The van der Waals surface area contributed by atoms with Crippen LogP contribution in [0.2, 0.25) is 0 Å². The zero-order valence-electron chi connectivity index (χ0n) is 15.3. The molecule has 0 radical (unpaired) electrons. The van der Waals surface area contributed by atoms with Crippen molar-refractivity contribution in [3.63, 3.8) is 0 Å². The number of nitrogens with one attached hydrogen (secondary N) is 1. The summed E-state index contributed by atoms with van der Waals surface area (Å²) in [4.78, 5) is 4.24. The molecule has 8 heteroatoms. The summed E-state index contributed by atoms with van der Waals surface area (Å²) < 4.78 is 37.8. The standard InChI is InChI=1S/C20H18F2N4O2/c1-12-6-8-13(9-7-12)15-10-16(26-20(25-15)23-11-24-26)14-4-3-5-17(27-2)18(14)28-19(21)22/h3-11,16,19H,1-2H3,(H,23,24,25)/t16-/m1/s1. The highest BCUT2D eigenvalue weighted by atomic mass is 19.3. The van der Waals surface area contributed by atoms with Gasteiger partial charge in [-0.2, -0.15) is 18.9 Å². The molecule has 1 aromatic heterocycles. The maximum Gasteiger partial charge on any atom is 0.387 e. The van der Waals surface area contributed by atoms with E-state index in [4.69, 9.17) is 9.47 Å². The Bertz CT molecular complexity index is 1020. The van der Waals surface area contributed by atoms with Crippen molar-refractivity contribution in [3.8, 4) is 11.5 Å². The summed E-state index contributed by atoms with van der Waals surface area (Å²) >= 11 is 0. The molecule has 0 amide bonds. The molecule has 0 bridgehead atoms. The van der Waals surface area contributed by atoms with Crippen LogP contribution in [0.25, 0.3) is 5.70 Å². The van der Waals surface area contributed by atoms with E-state index in [9.17, 15) is 8.78 Å². The summed E-state index contributed by atoms with van der Waals surface area (Å²) in [5, 5.41) is 7.48. The van der Waals surface area contributed by atoms with Gasteiger partial charge >= 0.3 is 6.61 Å². The number of aromatic nitrogens is 3. The molecule has 1 aliphatic rings. The van der Waals surface area contributed by atoms with Gasteiger partial charge in [-0.05, 0) is 24.6 Å². The lowest BCUT2D eigenvalue weighted by Gasteiger charge is -2.26. The second kappa shape index (κ2) is 7.30. The molecular formula is C20H18F2N4O2. The lowest BCUT2D eigenvalue weighted by atomic mass is 10.00. The quantitative estimate of drug-likeness (QED) is 0.713. The Balaban J connectivity index is 1.85. The molecular weight excluding hydrogens is 366 g/mol. The first-order valence-corrected chi connectivity index (χ1v) is 8.64. The van der Waals surface area contributed by atoms with Gasteiger partial charge in [0.15, 0.2) is 11.5 Å². The second-order valence-electron chi connectivity index (χ2n) is 6.30. The molecule has 4 rings (SSSR count). The van der Waals surface area contributed by atoms with Crippen LogP contribution < -0.4 is 14.8 Å². The number of hydrogen-bond donors (Lipinski definition) is 1. The number of halogens is 2. The van der Waals surface area contributed by atoms with Gasteiger partial charge in [0.2, 0.25) is 5.95 Å². The Labute approximate surface area is 160 Å². The normalized spacial score (nSPS) is 15.6. The van der Waals surface area contributed by atoms with Crippen molar-refractivity contribution in [1.82, 2.24) is 14.8 Å². The number of allylic oxidation sites excluding steroid dienone is 1. The van der Waals surface area contributed by atoms with E-state index in [1.807, 2.05) is 37.3 Å². The van der Waals surface area contributed by atoms with Gasteiger partial charge in [0, 0.05) is 11.3 Å². The van der Waals surface area contributed by atoms with Crippen molar-refractivity contribution in [1.29, 1.82) is 0 Å². The van der Waals surface area contributed by atoms with Gasteiger partial charge in [-0.3, -0.25) is 0 Å². The zero-order valence-corrected chi connectivity index (χ0v) is 15.3. The average molecular weight is 384 g/mol. The van der Waals surface area contributed by atoms with Gasteiger partial charge in [-0.25, -0.2) is 4.68 Å². The molecule has 3 aromatic rings. The van der Waals surface area contributed by atoms with E-state index in [1.54, 1.807) is 22.9 Å². The van der Waals surface area contributed by atoms with Crippen LogP contribution in [0, 0.1) is 6.92 Å². The first kappa shape index (κ1) is 18.0. The highest BCUT2D eigenvalue weighted by Gasteiger charge is 2.28. The fourth-order valence-electron chi connectivity index (χ4n) is 3.20. The van der Waals surface area contributed by atoms with Crippen LogP contribution >= 0.6 is 0 Å². The molecule has 0 fully saturated rings. The number of anilines is 1. The third kappa shape index (κ3) is 3.28. The third-order valence-corrected chi connectivity index (χ3v) is 4.52. The largest absolute Gasteiger partial charge is 0.493 e. The first-order chi connectivity index (χ1) is 13.6. The van der Waals surface area contributed by atoms with Crippen molar-refractivity contribution in [2.24, 2.45) is 0 Å². The molecule has 144 valence electrons. The van der Waals surface area contributed by atoms with Crippen molar-refractivity contribution in [2.45, 2.75) is 19.6 Å². The Morgan fingerprint density at radius 3 is 2.64 bits per heavy atom. The van der Waals surface area contributed by atoms with Crippen molar-refractivity contribution >= 4 is 11.6 Å². The monoisotopic (exact) mass is 384 g/mol. The molecule has 0 spiro atoms. The molecule has 0 unspecified atom stereocenters. The van der Waals surface area contributed by atoms with Crippen LogP contribution in [-0.4, -0.2) is 28.5 Å². The number of benzene rings is 2. The van der Waals surface area contributed by atoms with Crippen LogP contribution in [0.5, 0.6) is 11.5 Å². The number of para-hydroxylation sites is 1. The van der Waals surface area contributed by atoms with Gasteiger partial charge in [0.1, 0.15) is 12.4 Å². The van der Waals surface area contributed by atoms with E-state index in [2.05, 4.69) is 15.4 Å². The minimum atomic E-state index is -2.98. The number of alkyl halides is 2. The summed E-state index contributed by atoms with van der Waals surface area (Å²) in [5.41, 5.74) is 3.39. The summed E-state index contributed by atoms with van der Waals surface area (Å²) in [5.74, 6) is 0.713. The lowest BCUT2D eigenvalue weighted by Crippen LogP contribution is -2.21. The number of rotatable bonds is 5. The number of hydrogen-bond acceptors (Lipinski definition) is 5. The number of nitrogens with zero attached hydrogens (tertiary/aromatic N) is 3. The number of methoxy groups -OCH3 is 1. The Hall–Kier alpha value is -3.42. The predicted molar refractivity (Wildman–Crippen MR) is 101 cm³/mol. The van der Waals surface area contributed by atoms with Crippen LogP contribution in [0.1, 0.15) is 22.7 Å². The van der Waals surface area contributed by atoms with E-state index < -0.39 is 12.7 Å². The topological polar surface area (TPSA) is 61.2 Å². The molecule has 0 saturated heterocycles. The molecule has 0 saturated carbocycles. The smallest absolute Gasteiger partial charge is 0.387 e. The van der Waals surface area contributed by atoms with Crippen LogP contribution in [0.3, 0.4) is 0 Å². The van der Waals surface area contributed by atoms with Crippen molar-refractivity contribution < 1.29 is 18.3 Å². The molecule has 2 heterocycles. The van der Waals surface area contributed by atoms with Gasteiger partial charge in [0.05, 0.1) is 7.11 Å². The van der Waals surface area contributed by atoms with Gasteiger partial charge in [0.25, 0.3) is 0 Å². The first-order valence-electron chi connectivity index (χ1n) is 8.64. The highest BCUT2D eigenvalue weighted by molar-refractivity contribution is 5.77. The van der Waals surface area contributed by atoms with Crippen LogP contribution in [0.4, 0.5) is 14.7 Å². The minimum absolute atomic E-state index is 0.0205. The molecule has 2 aromatic carbocycles. The fourth-order valence-corrected chi connectivity index (χ4v) is 3.20. The molecule has 6 nitrogen and oxygen atoms in total. The maximum absolute atomic E-state index is 13.1. The van der Waals surface area contributed by atoms with Crippen molar-refractivity contribution in [3.05, 3.63) is 71.6 Å². The number of aryl methyl sites for hydroxylation is 1. The van der Waals surface area contributed by atoms with E-state index in [1.165, 1.54) is 13.4 Å². The lowest BCUT2D eigenvalue weighted by molar-refractivity contribution is -0.0520.